The lowest BCUT2D eigenvalue weighted by atomic mass is 10.3. The lowest BCUT2D eigenvalue weighted by Gasteiger charge is -2.20. The minimum absolute atomic E-state index is 0.349. The van der Waals surface area contributed by atoms with Crippen molar-refractivity contribution in [3.63, 3.8) is 0 Å². The number of aromatic nitrogens is 2. The summed E-state index contributed by atoms with van der Waals surface area (Å²) in [5.41, 5.74) is 1.82. The normalized spacial score (nSPS) is 10.5. The quantitative estimate of drug-likeness (QED) is 0.578. The molecule has 3 rings (SSSR count). The van der Waals surface area contributed by atoms with Crippen molar-refractivity contribution in [2.45, 2.75) is 6.92 Å². The van der Waals surface area contributed by atoms with E-state index in [1.54, 1.807) is 12.3 Å². The molecule has 0 spiro atoms. The van der Waals surface area contributed by atoms with E-state index in [0.29, 0.717) is 23.9 Å². The summed E-state index contributed by atoms with van der Waals surface area (Å²) in [6.07, 6.45) is 1.80. The van der Waals surface area contributed by atoms with Crippen molar-refractivity contribution >= 4 is 23.0 Å². The number of rotatable bonds is 7. The zero-order chi connectivity index (χ0) is 19.2. The number of methoxy groups -OCH3 is 1. The summed E-state index contributed by atoms with van der Waals surface area (Å²) in [5.74, 6) is 1.11. The standard InChI is InChI=1S/C20H21N3O3S/c1-14-16(23(2)11-12-26-15-7-5-4-6-8-15)13-21-19(22-14)17-9-10-18(27-17)20(24)25-3/h4-10,13H,11-12H2,1-3H3. The Kier molecular flexibility index (Phi) is 6.03. The molecule has 0 amide bonds. The molecule has 0 radical (unpaired) electrons. The second-order valence-electron chi connectivity index (χ2n) is 5.90. The topological polar surface area (TPSA) is 64.5 Å². The van der Waals surface area contributed by atoms with Gasteiger partial charge in [0.2, 0.25) is 0 Å². The number of para-hydroxylation sites is 1. The number of carbonyl (C=O) groups is 1. The molecule has 7 heteroatoms. The van der Waals surface area contributed by atoms with Crippen LogP contribution in [-0.2, 0) is 4.74 Å². The number of benzene rings is 1. The molecule has 0 atom stereocenters. The van der Waals surface area contributed by atoms with Crippen molar-refractivity contribution in [3.8, 4) is 16.5 Å². The summed E-state index contributed by atoms with van der Waals surface area (Å²) in [6, 6.07) is 13.3. The van der Waals surface area contributed by atoms with Gasteiger partial charge >= 0.3 is 5.97 Å². The van der Waals surface area contributed by atoms with E-state index >= 15 is 0 Å². The first-order valence-corrected chi connectivity index (χ1v) is 9.31. The van der Waals surface area contributed by atoms with E-state index < -0.39 is 0 Å². The van der Waals surface area contributed by atoms with Crippen LogP contribution in [0.3, 0.4) is 0 Å². The monoisotopic (exact) mass is 383 g/mol. The van der Waals surface area contributed by atoms with Gasteiger partial charge in [-0.2, -0.15) is 0 Å². The van der Waals surface area contributed by atoms with E-state index in [4.69, 9.17) is 9.47 Å². The highest BCUT2D eigenvalue weighted by atomic mass is 32.1. The Bertz CT molecular complexity index is 912. The van der Waals surface area contributed by atoms with Crippen LogP contribution in [0.1, 0.15) is 15.4 Å². The van der Waals surface area contributed by atoms with Crippen molar-refractivity contribution in [2.75, 3.05) is 32.2 Å². The summed E-state index contributed by atoms with van der Waals surface area (Å²) < 4.78 is 10.5. The first-order valence-electron chi connectivity index (χ1n) is 8.49. The summed E-state index contributed by atoms with van der Waals surface area (Å²) in [4.78, 5) is 24.1. The fourth-order valence-electron chi connectivity index (χ4n) is 2.56. The smallest absolute Gasteiger partial charge is 0.348 e. The fourth-order valence-corrected chi connectivity index (χ4v) is 3.43. The minimum atomic E-state index is -0.349. The lowest BCUT2D eigenvalue weighted by molar-refractivity contribution is 0.0606. The molecule has 1 aromatic carbocycles. The van der Waals surface area contributed by atoms with E-state index in [9.17, 15) is 4.79 Å². The van der Waals surface area contributed by atoms with Crippen LogP contribution in [0.25, 0.3) is 10.7 Å². The van der Waals surface area contributed by atoms with Crippen LogP contribution in [0.5, 0.6) is 5.75 Å². The molecule has 0 fully saturated rings. The molecule has 0 aliphatic carbocycles. The second-order valence-corrected chi connectivity index (χ2v) is 6.99. The fraction of sp³-hybridized carbons (Fsp3) is 0.250. The third-order valence-corrected chi connectivity index (χ3v) is 5.08. The highest BCUT2D eigenvalue weighted by Crippen LogP contribution is 2.27. The van der Waals surface area contributed by atoms with Crippen molar-refractivity contribution in [2.24, 2.45) is 0 Å². The molecule has 6 nitrogen and oxygen atoms in total. The molecule has 3 aromatic rings. The largest absolute Gasteiger partial charge is 0.492 e. The summed E-state index contributed by atoms with van der Waals surface area (Å²) >= 11 is 1.32. The zero-order valence-corrected chi connectivity index (χ0v) is 16.3. The van der Waals surface area contributed by atoms with E-state index in [2.05, 4.69) is 14.9 Å². The Morgan fingerprint density at radius 1 is 1.19 bits per heavy atom. The highest BCUT2D eigenvalue weighted by molar-refractivity contribution is 7.17. The lowest BCUT2D eigenvalue weighted by Crippen LogP contribution is -2.25. The van der Waals surface area contributed by atoms with Gasteiger partial charge in [0.1, 0.15) is 17.2 Å². The third-order valence-electron chi connectivity index (χ3n) is 4.02. The maximum atomic E-state index is 11.6. The maximum Gasteiger partial charge on any atom is 0.348 e. The predicted molar refractivity (Wildman–Crippen MR) is 107 cm³/mol. The van der Waals surface area contributed by atoms with Crippen molar-refractivity contribution in [1.82, 2.24) is 9.97 Å². The first-order chi connectivity index (χ1) is 13.1. The van der Waals surface area contributed by atoms with E-state index in [0.717, 1.165) is 22.0 Å². The van der Waals surface area contributed by atoms with Crippen LogP contribution in [0.15, 0.2) is 48.7 Å². The number of nitrogens with zero attached hydrogens (tertiary/aromatic N) is 3. The van der Waals surface area contributed by atoms with Gasteiger partial charge in [-0.05, 0) is 31.2 Å². The highest BCUT2D eigenvalue weighted by Gasteiger charge is 2.14. The van der Waals surface area contributed by atoms with Crippen LogP contribution < -0.4 is 9.64 Å². The number of hydrogen-bond donors (Lipinski definition) is 0. The van der Waals surface area contributed by atoms with E-state index in [-0.39, 0.29) is 5.97 Å². The van der Waals surface area contributed by atoms with Gasteiger partial charge in [-0.3, -0.25) is 0 Å². The number of carbonyl (C=O) groups excluding carboxylic acids is 1. The minimum Gasteiger partial charge on any atom is -0.492 e. The van der Waals surface area contributed by atoms with Gasteiger partial charge in [-0.25, -0.2) is 14.8 Å². The number of aryl methyl sites for hydroxylation is 1. The summed E-state index contributed by atoms with van der Waals surface area (Å²) in [7, 11) is 3.36. The Hall–Kier alpha value is -2.93. The van der Waals surface area contributed by atoms with Crippen molar-refractivity contribution < 1.29 is 14.3 Å². The van der Waals surface area contributed by atoms with Crippen molar-refractivity contribution in [3.05, 3.63) is 59.2 Å². The molecule has 0 bridgehead atoms. The number of hydrogen-bond acceptors (Lipinski definition) is 7. The number of anilines is 1. The van der Waals surface area contributed by atoms with Gasteiger partial charge < -0.3 is 14.4 Å². The number of ether oxygens (including phenoxy) is 2. The number of likely N-dealkylation sites (N-methyl/N-ethyl adjacent to an activating group) is 1. The zero-order valence-electron chi connectivity index (χ0n) is 15.5. The van der Waals surface area contributed by atoms with E-state index in [1.807, 2.05) is 50.4 Å². The molecular weight excluding hydrogens is 362 g/mol. The molecule has 2 heterocycles. The number of esters is 1. The van der Waals surface area contributed by atoms with Gasteiger partial charge in [-0.15, -0.1) is 11.3 Å². The third kappa shape index (κ3) is 4.62. The molecular formula is C20H21N3O3S. The molecule has 2 aromatic heterocycles. The van der Waals surface area contributed by atoms with Gasteiger partial charge in [0.05, 0.1) is 36.1 Å². The SMILES string of the molecule is COC(=O)c1ccc(-c2ncc(N(C)CCOc3ccccc3)c(C)n2)s1. The maximum absolute atomic E-state index is 11.6. The predicted octanol–water partition coefficient (Wildman–Crippen LogP) is 3.82. The second kappa shape index (κ2) is 8.64. The average molecular weight is 383 g/mol. The summed E-state index contributed by atoms with van der Waals surface area (Å²) in [6.45, 7) is 3.23. The van der Waals surface area contributed by atoms with Crippen LogP contribution in [-0.4, -0.2) is 43.2 Å². The average Bonchev–Trinajstić information content (AvgIpc) is 3.18. The Labute approximate surface area is 162 Å². The van der Waals surface area contributed by atoms with Crippen LogP contribution >= 0.6 is 11.3 Å². The van der Waals surface area contributed by atoms with Gasteiger partial charge in [0.15, 0.2) is 5.82 Å². The Morgan fingerprint density at radius 3 is 2.67 bits per heavy atom. The van der Waals surface area contributed by atoms with Crippen molar-refractivity contribution in [1.29, 1.82) is 0 Å². The molecule has 0 aliphatic heterocycles. The Balaban J connectivity index is 1.65. The van der Waals surface area contributed by atoms with Crippen LogP contribution in [0.2, 0.25) is 0 Å². The summed E-state index contributed by atoms with van der Waals surface area (Å²) in [5, 5.41) is 0. The van der Waals surface area contributed by atoms with Gasteiger partial charge in [0, 0.05) is 7.05 Å². The molecule has 0 N–H and O–H groups in total. The molecule has 140 valence electrons. The molecule has 0 saturated carbocycles. The van der Waals surface area contributed by atoms with Crippen LogP contribution in [0.4, 0.5) is 5.69 Å². The van der Waals surface area contributed by atoms with E-state index in [1.165, 1.54) is 18.4 Å². The molecule has 0 aliphatic rings. The molecule has 0 saturated heterocycles. The number of thiophene rings is 1. The molecule has 27 heavy (non-hydrogen) atoms. The van der Waals surface area contributed by atoms with Gasteiger partial charge in [-0.1, -0.05) is 18.2 Å². The first kappa shape index (κ1) is 18.8. The van der Waals surface area contributed by atoms with Gasteiger partial charge in [0.25, 0.3) is 0 Å². The Morgan fingerprint density at radius 2 is 1.96 bits per heavy atom. The van der Waals surface area contributed by atoms with Crippen LogP contribution in [0, 0.1) is 6.92 Å². The molecule has 0 unspecified atom stereocenters.